The Labute approximate surface area is 152 Å². The van der Waals surface area contributed by atoms with Crippen molar-refractivity contribution >= 4 is 5.78 Å². The van der Waals surface area contributed by atoms with Crippen LogP contribution in [-0.2, 0) is 4.79 Å². The van der Waals surface area contributed by atoms with E-state index in [0.29, 0.717) is 11.3 Å². The van der Waals surface area contributed by atoms with E-state index in [9.17, 15) is 25.8 Å². The maximum Gasteiger partial charge on any atom is 0.183 e. The van der Waals surface area contributed by atoms with E-state index >= 15 is 0 Å². The van der Waals surface area contributed by atoms with Gasteiger partial charge in [0.05, 0.1) is 31.4 Å². The average molecular weight is 346 g/mol. The quantitative estimate of drug-likeness (QED) is 0.829. The molecule has 6 nitrogen and oxygen atoms in total. The van der Waals surface area contributed by atoms with Crippen LogP contribution >= 0.6 is 0 Å². The number of benzene rings is 1. The molecule has 0 amide bonds. The third kappa shape index (κ3) is 2.48. The van der Waals surface area contributed by atoms with Crippen LogP contribution in [0, 0.1) is 68.0 Å². The molecule has 1 aliphatic rings. The Kier molecular flexibility index (Phi) is 5.02. The Morgan fingerprint density at radius 2 is 1.58 bits per heavy atom. The summed E-state index contributed by atoms with van der Waals surface area (Å²) in [5.41, 5.74) is -3.40. The molecular formula is C20H18N4O2. The summed E-state index contributed by atoms with van der Waals surface area (Å²) in [6.07, 6.45) is -0.420. The summed E-state index contributed by atoms with van der Waals surface area (Å²) < 4.78 is 5.14. The van der Waals surface area contributed by atoms with Crippen molar-refractivity contribution < 1.29 is 9.53 Å². The number of hydrogen-bond donors (Lipinski definition) is 0. The van der Waals surface area contributed by atoms with Crippen molar-refractivity contribution in [2.24, 2.45) is 22.7 Å². The molecule has 26 heavy (non-hydrogen) atoms. The van der Waals surface area contributed by atoms with Gasteiger partial charge in [-0.3, -0.25) is 4.79 Å². The minimum Gasteiger partial charge on any atom is -0.497 e. The van der Waals surface area contributed by atoms with E-state index < -0.39 is 29.1 Å². The highest BCUT2D eigenvalue weighted by atomic mass is 16.5. The number of ether oxygens (including phenoxy) is 1. The van der Waals surface area contributed by atoms with Crippen molar-refractivity contribution in [2.75, 3.05) is 7.11 Å². The fraction of sp³-hybridized carbons (Fsp3) is 0.450. The molecule has 0 N–H and O–H groups in total. The summed E-state index contributed by atoms with van der Waals surface area (Å²) in [5, 5.41) is 39.3. The number of hydrogen-bond acceptors (Lipinski definition) is 6. The maximum atomic E-state index is 12.8. The number of ketones is 1. The molecule has 1 aromatic carbocycles. The Balaban J connectivity index is 2.83. The molecule has 0 spiro atoms. The number of nitriles is 4. The Bertz CT molecular complexity index is 847. The van der Waals surface area contributed by atoms with Crippen LogP contribution in [0.25, 0.3) is 0 Å². The molecule has 0 saturated heterocycles. The van der Waals surface area contributed by atoms with Gasteiger partial charge >= 0.3 is 0 Å². The van der Waals surface area contributed by atoms with Crippen molar-refractivity contribution in [3.8, 4) is 30.0 Å². The van der Waals surface area contributed by atoms with Gasteiger partial charge in [0.25, 0.3) is 0 Å². The first-order valence-corrected chi connectivity index (χ1v) is 8.18. The van der Waals surface area contributed by atoms with E-state index in [1.165, 1.54) is 7.11 Å². The van der Waals surface area contributed by atoms with Crippen molar-refractivity contribution in [1.29, 1.82) is 21.0 Å². The van der Waals surface area contributed by atoms with Crippen LogP contribution in [0.1, 0.15) is 31.7 Å². The smallest absolute Gasteiger partial charge is 0.183 e. The van der Waals surface area contributed by atoms with E-state index in [1.54, 1.807) is 24.3 Å². The summed E-state index contributed by atoms with van der Waals surface area (Å²) >= 11 is 0. The molecule has 0 aromatic heterocycles. The molecule has 1 fully saturated rings. The number of Topliss-reactive ketones (excluding diaryl/α,β-unsaturated/α-hetero) is 1. The number of rotatable bonds is 3. The van der Waals surface area contributed by atoms with Gasteiger partial charge in [0.2, 0.25) is 0 Å². The Morgan fingerprint density at radius 3 is 1.96 bits per heavy atom. The summed E-state index contributed by atoms with van der Waals surface area (Å²) in [5.74, 6) is -1.37. The molecule has 2 rings (SSSR count). The lowest BCUT2D eigenvalue weighted by atomic mass is 9.47. The predicted molar refractivity (Wildman–Crippen MR) is 91.0 cm³/mol. The molecule has 130 valence electrons. The Morgan fingerprint density at radius 1 is 1.04 bits per heavy atom. The van der Waals surface area contributed by atoms with E-state index in [-0.39, 0.29) is 11.7 Å². The van der Waals surface area contributed by atoms with Gasteiger partial charge in [-0.25, -0.2) is 0 Å². The highest BCUT2D eigenvalue weighted by molar-refractivity contribution is 5.86. The zero-order valence-corrected chi connectivity index (χ0v) is 14.9. The second kappa shape index (κ2) is 6.87. The van der Waals surface area contributed by atoms with Gasteiger partial charge < -0.3 is 4.74 Å². The number of carbonyl (C=O) groups is 1. The molecule has 6 heteroatoms. The largest absolute Gasteiger partial charge is 0.497 e. The second-order valence-corrected chi connectivity index (χ2v) is 6.82. The van der Waals surface area contributed by atoms with Gasteiger partial charge in [-0.2, -0.15) is 21.0 Å². The zero-order chi connectivity index (χ0) is 19.5. The zero-order valence-electron chi connectivity index (χ0n) is 14.9. The molecule has 1 aromatic rings. The monoisotopic (exact) mass is 346 g/mol. The molecule has 0 unspecified atom stereocenters. The van der Waals surface area contributed by atoms with Crippen LogP contribution in [0.5, 0.6) is 5.75 Å². The van der Waals surface area contributed by atoms with Crippen LogP contribution in [0.15, 0.2) is 24.3 Å². The molecular weight excluding hydrogens is 328 g/mol. The molecule has 2 atom stereocenters. The van der Waals surface area contributed by atoms with E-state index in [4.69, 9.17) is 4.74 Å². The second-order valence-electron chi connectivity index (χ2n) is 6.82. The lowest BCUT2D eigenvalue weighted by Crippen LogP contribution is -2.54. The molecule has 0 aliphatic heterocycles. The summed E-state index contributed by atoms with van der Waals surface area (Å²) in [4.78, 5) is 12.8. The third-order valence-electron chi connectivity index (χ3n) is 5.24. The molecule has 0 bridgehead atoms. The van der Waals surface area contributed by atoms with Gasteiger partial charge in [-0.15, -0.1) is 0 Å². The van der Waals surface area contributed by atoms with Gasteiger partial charge in [-0.1, -0.05) is 26.0 Å². The van der Waals surface area contributed by atoms with E-state index in [1.807, 2.05) is 38.1 Å². The fourth-order valence-corrected chi connectivity index (χ4v) is 3.90. The first-order valence-electron chi connectivity index (χ1n) is 8.18. The van der Waals surface area contributed by atoms with Crippen LogP contribution in [-0.4, -0.2) is 12.9 Å². The predicted octanol–water partition coefficient (Wildman–Crippen LogP) is 3.09. The number of carbonyl (C=O) groups excluding carboxylic acids is 1. The fourth-order valence-electron chi connectivity index (χ4n) is 3.90. The van der Waals surface area contributed by atoms with Crippen molar-refractivity contribution in [3.63, 3.8) is 0 Å². The lowest BCUT2D eigenvalue weighted by molar-refractivity contribution is -0.132. The van der Waals surface area contributed by atoms with Crippen molar-refractivity contribution in [3.05, 3.63) is 29.8 Å². The topological polar surface area (TPSA) is 121 Å². The van der Waals surface area contributed by atoms with Crippen LogP contribution < -0.4 is 4.74 Å². The van der Waals surface area contributed by atoms with Crippen molar-refractivity contribution in [2.45, 2.75) is 26.2 Å². The van der Waals surface area contributed by atoms with Gasteiger partial charge in [0, 0.05) is 18.3 Å². The summed E-state index contributed by atoms with van der Waals surface area (Å²) in [7, 11) is 1.52. The summed E-state index contributed by atoms with van der Waals surface area (Å²) in [6, 6.07) is 14.3. The van der Waals surface area contributed by atoms with Crippen LogP contribution in [0.2, 0.25) is 0 Å². The molecule has 0 heterocycles. The first kappa shape index (κ1) is 19.0. The third-order valence-corrected chi connectivity index (χ3v) is 5.24. The normalized spacial score (nSPS) is 23.2. The van der Waals surface area contributed by atoms with Gasteiger partial charge in [0.15, 0.2) is 10.8 Å². The SMILES string of the molecule is COc1ccc([C@@H]2[C@@H](C(C)C)C(=O)CC(C#N)(C#N)C2(C#N)C#N)cc1. The van der Waals surface area contributed by atoms with Crippen LogP contribution in [0.4, 0.5) is 0 Å². The highest BCUT2D eigenvalue weighted by Gasteiger charge is 2.66. The van der Waals surface area contributed by atoms with Gasteiger partial charge in [0.1, 0.15) is 11.5 Å². The Hall–Kier alpha value is -3.35. The first-order chi connectivity index (χ1) is 12.4. The molecule has 1 aliphatic carbocycles. The number of methoxy groups -OCH3 is 1. The highest BCUT2D eigenvalue weighted by Crippen LogP contribution is 2.59. The summed E-state index contributed by atoms with van der Waals surface area (Å²) in [6.45, 7) is 3.68. The number of nitrogens with zero attached hydrogens (tertiary/aromatic N) is 4. The van der Waals surface area contributed by atoms with Crippen molar-refractivity contribution in [1.82, 2.24) is 0 Å². The van der Waals surface area contributed by atoms with Gasteiger partial charge in [-0.05, 0) is 23.6 Å². The average Bonchev–Trinajstić information content (AvgIpc) is 2.66. The molecule has 0 radical (unpaired) electrons. The van der Waals surface area contributed by atoms with E-state index in [0.717, 1.165) is 0 Å². The maximum absolute atomic E-state index is 12.8. The minimum atomic E-state index is -2.01. The lowest BCUT2D eigenvalue weighted by Gasteiger charge is -2.46. The van der Waals surface area contributed by atoms with Crippen LogP contribution in [0.3, 0.4) is 0 Å². The molecule has 1 saturated carbocycles. The minimum absolute atomic E-state index is 0.161. The van der Waals surface area contributed by atoms with E-state index in [2.05, 4.69) is 0 Å². The standard InChI is InChI=1S/C20H18N4O2/c1-13(2)17-16(25)8-19(9-21,10-22)20(11-23,12-24)18(17)14-4-6-15(26-3)7-5-14/h4-7,13,17-18H,8H2,1-3H3/t17-,18+/m0/s1.